The Hall–Kier alpha value is -1.91. The number of halogens is 2. The molecule has 1 aliphatic rings. The molecule has 3 rings (SSSR count). The van der Waals surface area contributed by atoms with E-state index in [1.165, 1.54) is 6.07 Å². The predicted molar refractivity (Wildman–Crippen MR) is 88.1 cm³/mol. The van der Waals surface area contributed by atoms with Crippen LogP contribution in [0.1, 0.15) is 22.3 Å². The van der Waals surface area contributed by atoms with E-state index in [2.05, 4.69) is 0 Å². The van der Waals surface area contributed by atoms with Crippen LogP contribution in [0.2, 0.25) is 5.02 Å². The van der Waals surface area contributed by atoms with Crippen molar-refractivity contribution >= 4 is 17.5 Å². The highest BCUT2D eigenvalue weighted by molar-refractivity contribution is 6.33. The fraction of sp³-hybridized carbons (Fsp3) is 0.278. The lowest BCUT2D eigenvalue weighted by atomic mass is 10.0. The van der Waals surface area contributed by atoms with Crippen molar-refractivity contribution < 1.29 is 14.3 Å². The van der Waals surface area contributed by atoms with Gasteiger partial charge in [-0.25, -0.2) is 4.39 Å². The molecule has 1 fully saturated rings. The first-order valence-electron chi connectivity index (χ1n) is 7.49. The maximum absolute atomic E-state index is 13.8. The number of rotatable bonds is 2. The molecule has 2 aromatic rings. The van der Waals surface area contributed by atoms with Gasteiger partial charge in [0.2, 0.25) is 0 Å². The minimum absolute atomic E-state index is 0.132. The maximum atomic E-state index is 13.8. The summed E-state index contributed by atoms with van der Waals surface area (Å²) in [4.78, 5) is 14.1. The number of hydrogen-bond acceptors (Lipinski definition) is 2. The van der Waals surface area contributed by atoms with Crippen LogP contribution >= 0.6 is 11.6 Å². The van der Waals surface area contributed by atoms with E-state index in [4.69, 9.17) is 11.6 Å². The first-order chi connectivity index (χ1) is 11.0. The summed E-state index contributed by atoms with van der Waals surface area (Å²) in [5, 5.41) is 10.0. The third-order valence-corrected chi connectivity index (χ3v) is 4.43. The minimum atomic E-state index is -0.456. The fourth-order valence-electron chi connectivity index (χ4n) is 2.80. The van der Waals surface area contributed by atoms with Gasteiger partial charge in [-0.3, -0.25) is 4.79 Å². The minimum Gasteiger partial charge on any atom is -0.391 e. The summed E-state index contributed by atoms with van der Waals surface area (Å²) in [7, 11) is 0. The summed E-state index contributed by atoms with van der Waals surface area (Å²) in [6.45, 7) is 2.55. The van der Waals surface area contributed by atoms with E-state index in [1.54, 1.807) is 42.2 Å². The molecule has 0 saturated carbocycles. The Labute approximate surface area is 139 Å². The number of nitrogens with zero attached hydrogens (tertiary/aromatic N) is 1. The molecule has 2 aromatic carbocycles. The van der Waals surface area contributed by atoms with Crippen LogP contribution in [0.5, 0.6) is 0 Å². The van der Waals surface area contributed by atoms with Gasteiger partial charge in [0.05, 0.1) is 6.10 Å². The second kappa shape index (κ2) is 6.30. The molecular weight excluding hydrogens is 317 g/mol. The van der Waals surface area contributed by atoms with Crippen molar-refractivity contribution in [2.45, 2.75) is 19.4 Å². The van der Waals surface area contributed by atoms with Crippen LogP contribution in [0.25, 0.3) is 11.1 Å². The molecule has 1 heterocycles. The van der Waals surface area contributed by atoms with E-state index in [-0.39, 0.29) is 11.7 Å². The highest BCUT2D eigenvalue weighted by Gasteiger charge is 2.25. The van der Waals surface area contributed by atoms with E-state index < -0.39 is 6.10 Å². The summed E-state index contributed by atoms with van der Waals surface area (Å²) < 4.78 is 13.8. The summed E-state index contributed by atoms with van der Waals surface area (Å²) in [6, 6.07) is 9.95. The van der Waals surface area contributed by atoms with Gasteiger partial charge in [-0.1, -0.05) is 23.7 Å². The van der Waals surface area contributed by atoms with Gasteiger partial charge in [-0.15, -0.1) is 0 Å². The average Bonchev–Trinajstić information content (AvgIpc) is 2.97. The molecule has 5 heteroatoms. The number of aliphatic hydroxyl groups excluding tert-OH is 1. The normalized spacial score (nSPS) is 17.6. The predicted octanol–water partition coefficient (Wildman–Crippen LogP) is 3.66. The average molecular weight is 334 g/mol. The van der Waals surface area contributed by atoms with Crippen molar-refractivity contribution in [1.29, 1.82) is 0 Å². The number of benzene rings is 2. The Bertz CT molecular complexity index is 763. The molecule has 0 spiro atoms. The molecule has 1 saturated heterocycles. The molecular formula is C18H17ClFNO2. The van der Waals surface area contributed by atoms with Crippen LogP contribution in [0, 0.1) is 12.7 Å². The van der Waals surface area contributed by atoms with Crippen molar-refractivity contribution in [3.05, 3.63) is 58.4 Å². The molecule has 1 atom stereocenters. The summed E-state index contributed by atoms with van der Waals surface area (Å²) in [6.07, 6.45) is 0.142. The maximum Gasteiger partial charge on any atom is 0.253 e. The second-order valence-electron chi connectivity index (χ2n) is 5.86. The molecule has 1 N–H and O–H groups in total. The number of β-amino-alcohol motifs (C(OH)–C–C–N with tert-alkyl or cyclic N) is 1. The third kappa shape index (κ3) is 3.23. The Morgan fingerprint density at radius 2 is 2.13 bits per heavy atom. The molecule has 1 aliphatic heterocycles. The van der Waals surface area contributed by atoms with Crippen molar-refractivity contribution in [2.75, 3.05) is 13.1 Å². The topological polar surface area (TPSA) is 40.5 Å². The lowest BCUT2D eigenvalue weighted by Gasteiger charge is -2.16. The van der Waals surface area contributed by atoms with Gasteiger partial charge < -0.3 is 10.0 Å². The molecule has 0 aromatic heterocycles. The van der Waals surface area contributed by atoms with Crippen LogP contribution < -0.4 is 0 Å². The number of amides is 1. The number of carbonyl (C=O) groups excluding carboxylic acids is 1. The quantitative estimate of drug-likeness (QED) is 0.911. The molecule has 3 nitrogen and oxygen atoms in total. The summed E-state index contributed by atoms with van der Waals surface area (Å²) >= 11 is 6.22. The zero-order chi connectivity index (χ0) is 16.6. The lowest BCUT2D eigenvalue weighted by molar-refractivity contribution is 0.0765. The van der Waals surface area contributed by atoms with Crippen molar-refractivity contribution in [2.24, 2.45) is 0 Å². The first-order valence-corrected chi connectivity index (χ1v) is 7.87. The van der Waals surface area contributed by atoms with Crippen molar-refractivity contribution in [3.63, 3.8) is 0 Å². The number of likely N-dealkylation sites (tertiary alicyclic amines) is 1. The SMILES string of the molecule is Cc1cc(Cl)c(-c2cccc(C(=O)N3CC[C@@H](O)C3)c2)cc1F. The number of hydrogen-bond donors (Lipinski definition) is 1. The fourth-order valence-corrected chi connectivity index (χ4v) is 3.12. The Balaban J connectivity index is 1.94. The highest BCUT2D eigenvalue weighted by atomic mass is 35.5. The van der Waals surface area contributed by atoms with Gasteiger partial charge in [0.25, 0.3) is 5.91 Å². The Morgan fingerprint density at radius 1 is 1.35 bits per heavy atom. The van der Waals surface area contributed by atoms with Crippen LogP contribution in [0.15, 0.2) is 36.4 Å². The first kappa shape index (κ1) is 16.0. The van der Waals surface area contributed by atoms with E-state index in [0.29, 0.717) is 46.8 Å². The smallest absolute Gasteiger partial charge is 0.253 e. The van der Waals surface area contributed by atoms with Crippen LogP contribution in [-0.2, 0) is 0 Å². The number of aliphatic hydroxyl groups is 1. The van der Waals surface area contributed by atoms with E-state index in [0.717, 1.165) is 0 Å². The molecule has 0 radical (unpaired) electrons. The summed E-state index contributed by atoms with van der Waals surface area (Å²) in [5.74, 6) is -0.462. The third-order valence-electron chi connectivity index (χ3n) is 4.12. The molecule has 0 unspecified atom stereocenters. The van der Waals surface area contributed by atoms with Gasteiger partial charge in [-0.2, -0.15) is 0 Å². The van der Waals surface area contributed by atoms with Crippen LogP contribution in [0.4, 0.5) is 4.39 Å². The van der Waals surface area contributed by atoms with E-state index in [9.17, 15) is 14.3 Å². The molecule has 23 heavy (non-hydrogen) atoms. The number of aryl methyl sites for hydroxylation is 1. The lowest BCUT2D eigenvalue weighted by Crippen LogP contribution is -2.29. The zero-order valence-corrected chi connectivity index (χ0v) is 13.5. The Kier molecular flexibility index (Phi) is 4.37. The van der Waals surface area contributed by atoms with Gasteiger partial charge in [0, 0.05) is 29.2 Å². The second-order valence-corrected chi connectivity index (χ2v) is 6.26. The van der Waals surface area contributed by atoms with Crippen molar-refractivity contribution in [3.8, 4) is 11.1 Å². The van der Waals surface area contributed by atoms with Gasteiger partial charge in [0.1, 0.15) is 5.82 Å². The van der Waals surface area contributed by atoms with Crippen molar-refractivity contribution in [1.82, 2.24) is 4.90 Å². The molecule has 120 valence electrons. The standard InChI is InChI=1S/C18H17ClFNO2/c1-11-7-16(19)15(9-17(11)20)12-3-2-4-13(8-12)18(23)21-6-5-14(22)10-21/h2-4,7-9,14,22H,5-6,10H2,1H3/t14-/m1/s1. The van der Waals surface area contributed by atoms with E-state index in [1.807, 2.05) is 0 Å². The van der Waals surface area contributed by atoms with E-state index >= 15 is 0 Å². The van der Waals surface area contributed by atoms with Crippen LogP contribution in [0.3, 0.4) is 0 Å². The molecule has 0 bridgehead atoms. The zero-order valence-electron chi connectivity index (χ0n) is 12.7. The number of carbonyl (C=O) groups is 1. The highest BCUT2D eigenvalue weighted by Crippen LogP contribution is 2.31. The largest absolute Gasteiger partial charge is 0.391 e. The molecule has 0 aliphatic carbocycles. The molecule has 1 amide bonds. The van der Waals surface area contributed by atoms with Gasteiger partial charge >= 0.3 is 0 Å². The van der Waals surface area contributed by atoms with Gasteiger partial charge in [0.15, 0.2) is 0 Å². The summed E-state index contributed by atoms with van der Waals surface area (Å²) in [5.41, 5.74) is 2.25. The Morgan fingerprint density at radius 3 is 2.83 bits per heavy atom. The van der Waals surface area contributed by atoms with Crippen LogP contribution in [-0.4, -0.2) is 35.1 Å². The van der Waals surface area contributed by atoms with Gasteiger partial charge in [-0.05, 0) is 48.7 Å². The monoisotopic (exact) mass is 333 g/mol.